The van der Waals surface area contributed by atoms with E-state index in [-0.39, 0.29) is 17.7 Å². The van der Waals surface area contributed by atoms with E-state index >= 15 is 0 Å². The predicted octanol–water partition coefficient (Wildman–Crippen LogP) is 4.48. The number of fused-ring (bicyclic) bond motifs is 2. The van der Waals surface area contributed by atoms with Gasteiger partial charge in [0.1, 0.15) is 28.9 Å². The average molecular weight is 649 g/mol. The van der Waals surface area contributed by atoms with Crippen molar-refractivity contribution in [2.45, 2.75) is 26.4 Å². The SMILES string of the molecule is CC(C)(C)OC(=O)NCCN1CCN(c2nccc3ccc(F)cc23)CC1.NCCN1CCN(c2nccc3ccc(F)cc23)CC1. The summed E-state index contributed by atoms with van der Waals surface area (Å²) in [6, 6.07) is 13.5. The summed E-state index contributed by atoms with van der Waals surface area (Å²) in [5.41, 5.74) is 5.10. The standard InChI is InChI=1S/C20H27FN4O2.C15H19FN4/c1-20(2,3)27-19(26)23-8-9-24-10-12-25(13-11-24)18-17-14-16(21)5-4-15(17)6-7-22-18;16-13-2-1-12-3-5-18-15(14(12)11-13)20-9-7-19(6-4-17)8-10-20/h4-7,14H,8-13H2,1-3H3,(H,23,26);1-3,5,11H,4,6-10,17H2. The van der Waals surface area contributed by atoms with Crippen LogP contribution >= 0.6 is 0 Å². The normalized spacial score (nSPS) is 16.2. The minimum Gasteiger partial charge on any atom is -0.444 e. The van der Waals surface area contributed by atoms with E-state index in [1.807, 2.05) is 32.9 Å². The molecule has 2 aromatic carbocycles. The number of carbonyl (C=O) groups excluding carboxylic acids is 1. The second-order valence-electron chi connectivity index (χ2n) is 12.9. The van der Waals surface area contributed by atoms with Crippen molar-refractivity contribution >= 4 is 39.3 Å². The van der Waals surface area contributed by atoms with Crippen LogP contribution < -0.4 is 20.9 Å². The summed E-state index contributed by atoms with van der Waals surface area (Å²) in [5.74, 6) is 1.25. The molecule has 4 heterocycles. The number of alkyl carbamates (subject to hydrolysis) is 1. The first-order chi connectivity index (χ1) is 22.6. The molecule has 10 nitrogen and oxygen atoms in total. The lowest BCUT2D eigenvalue weighted by Gasteiger charge is -2.35. The number of anilines is 2. The third kappa shape index (κ3) is 9.46. The molecule has 2 aliphatic rings. The molecule has 2 aromatic heterocycles. The van der Waals surface area contributed by atoms with E-state index in [0.29, 0.717) is 13.1 Å². The van der Waals surface area contributed by atoms with Gasteiger partial charge in [0.05, 0.1) is 0 Å². The third-order valence-electron chi connectivity index (χ3n) is 8.30. The fourth-order valence-corrected chi connectivity index (χ4v) is 5.93. The number of pyridine rings is 2. The number of nitrogens with one attached hydrogen (secondary N) is 1. The summed E-state index contributed by atoms with van der Waals surface area (Å²) in [4.78, 5) is 29.7. The second kappa shape index (κ2) is 15.6. The molecule has 0 radical (unpaired) electrons. The van der Waals surface area contributed by atoms with Crippen molar-refractivity contribution in [1.29, 1.82) is 0 Å². The Morgan fingerprint density at radius 3 is 1.68 bits per heavy atom. The maximum atomic E-state index is 13.7. The van der Waals surface area contributed by atoms with Gasteiger partial charge in [-0.1, -0.05) is 12.1 Å². The van der Waals surface area contributed by atoms with E-state index in [9.17, 15) is 13.6 Å². The molecule has 0 bridgehead atoms. The van der Waals surface area contributed by atoms with Crippen LogP contribution in [-0.4, -0.2) is 110 Å². The summed E-state index contributed by atoms with van der Waals surface area (Å²) >= 11 is 0. The summed E-state index contributed by atoms with van der Waals surface area (Å²) in [6.45, 7) is 15.6. The van der Waals surface area contributed by atoms with Gasteiger partial charge in [0.25, 0.3) is 0 Å². The van der Waals surface area contributed by atoms with Crippen LogP contribution in [0.25, 0.3) is 21.5 Å². The highest BCUT2D eigenvalue weighted by Crippen LogP contribution is 2.27. The average Bonchev–Trinajstić information content (AvgIpc) is 3.04. The highest BCUT2D eigenvalue weighted by Gasteiger charge is 2.21. The zero-order chi connectivity index (χ0) is 33.4. The predicted molar refractivity (Wildman–Crippen MR) is 184 cm³/mol. The molecule has 252 valence electrons. The Kier molecular flexibility index (Phi) is 11.4. The number of amides is 1. The van der Waals surface area contributed by atoms with Crippen molar-refractivity contribution in [3.05, 3.63) is 72.6 Å². The first kappa shape index (κ1) is 34.2. The highest BCUT2D eigenvalue weighted by atomic mass is 19.1. The Morgan fingerprint density at radius 1 is 0.766 bits per heavy atom. The van der Waals surface area contributed by atoms with Gasteiger partial charge in [0, 0.05) is 102 Å². The number of halogens is 2. The van der Waals surface area contributed by atoms with Crippen LogP contribution in [0.3, 0.4) is 0 Å². The van der Waals surface area contributed by atoms with E-state index in [1.54, 1.807) is 36.7 Å². The monoisotopic (exact) mass is 648 g/mol. The number of rotatable bonds is 7. The molecule has 47 heavy (non-hydrogen) atoms. The second-order valence-corrected chi connectivity index (χ2v) is 12.9. The van der Waals surface area contributed by atoms with E-state index in [0.717, 1.165) is 98.6 Å². The maximum Gasteiger partial charge on any atom is 0.407 e. The molecule has 6 rings (SSSR count). The molecule has 0 aliphatic carbocycles. The number of ether oxygens (including phenoxy) is 1. The van der Waals surface area contributed by atoms with Crippen molar-refractivity contribution in [3.8, 4) is 0 Å². The van der Waals surface area contributed by atoms with Gasteiger partial charge >= 0.3 is 6.09 Å². The highest BCUT2D eigenvalue weighted by molar-refractivity contribution is 5.93. The van der Waals surface area contributed by atoms with Crippen molar-refractivity contribution in [2.24, 2.45) is 5.73 Å². The number of piperazine rings is 2. The van der Waals surface area contributed by atoms with Crippen LogP contribution in [0.5, 0.6) is 0 Å². The van der Waals surface area contributed by atoms with Crippen molar-refractivity contribution in [2.75, 3.05) is 88.3 Å². The van der Waals surface area contributed by atoms with Crippen molar-refractivity contribution < 1.29 is 18.3 Å². The summed E-state index contributed by atoms with van der Waals surface area (Å²) in [5, 5.41) is 6.54. The van der Waals surface area contributed by atoms with Crippen molar-refractivity contribution in [3.63, 3.8) is 0 Å². The van der Waals surface area contributed by atoms with E-state index < -0.39 is 5.60 Å². The van der Waals surface area contributed by atoms with Gasteiger partial charge in [-0.25, -0.2) is 23.5 Å². The lowest BCUT2D eigenvalue weighted by Crippen LogP contribution is -2.49. The summed E-state index contributed by atoms with van der Waals surface area (Å²) in [6.07, 6.45) is 3.18. The van der Waals surface area contributed by atoms with E-state index in [1.165, 1.54) is 12.1 Å². The van der Waals surface area contributed by atoms with Crippen LogP contribution in [0.15, 0.2) is 60.9 Å². The zero-order valence-electron chi connectivity index (χ0n) is 27.6. The first-order valence-electron chi connectivity index (χ1n) is 16.3. The topological polar surface area (TPSA) is 103 Å². The number of aromatic nitrogens is 2. The first-order valence-corrected chi connectivity index (χ1v) is 16.3. The maximum absolute atomic E-state index is 13.7. The molecule has 2 fully saturated rings. The van der Waals surface area contributed by atoms with Gasteiger partial charge in [-0.3, -0.25) is 9.80 Å². The van der Waals surface area contributed by atoms with Gasteiger partial charge in [-0.2, -0.15) is 0 Å². The quantitative estimate of drug-likeness (QED) is 0.301. The molecule has 4 aromatic rings. The van der Waals surface area contributed by atoms with Crippen LogP contribution in [0.1, 0.15) is 20.8 Å². The molecular formula is C35H46F2N8O2. The third-order valence-corrected chi connectivity index (χ3v) is 8.30. The van der Waals surface area contributed by atoms with Gasteiger partial charge < -0.3 is 25.6 Å². The smallest absolute Gasteiger partial charge is 0.407 e. The molecular weight excluding hydrogens is 602 g/mol. The molecule has 2 saturated heterocycles. The molecule has 0 unspecified atom stereocenters. The van der Waals surface area contributed by atoms with Gasteiger partial charge in [0.15, 0.2) is 0 Å². The molecule has 0 atom stereocenters. The number of benzene rings is 2. The lowest BCUT2D eigenvalue weighted by molar-refractivity contribution is 0.0521. The molecule has 12 heteroatoms. The van der Waals surface area contributed by atoms with E-state index in [2.05, 4.69) is 34.9 Å². The number of nitrogens with zero attached hydrogens (tertiary/aromatic N) is 6. The molecule has 3 N–H and O–H groups in total. The fraction of sp³-hybridized carbons (Fsp3) is 0.457. The van der Waals surface area contributed by atoms with Gasteiger partial charge in [-0.05, 0) is 67.9 Å². The number of hydrogen-bond acceptors (Lipinski definition) is 9. The Balaban J connectivity index is 0.000000193. The van der Waals surface area contributed by atoms with Crippen molar-refractivity contribution in [1.82, 2.24) is 25.1 Å². The number of hydrogen-bond donors (Lipinski definition) is 2. The molecule has 2 aliphatic heterocycles. The fourth-order valence-electron chi connectivity index (χ4n) is 5.93. The van der Waals surface area contributed by atoms with Crippen LogP contribution in [0.2, 0.25) is 0 Å². The summed E-state index contributed by atoms with van der Waals surface area (Å²) in [7, 11) is 0. The van der Waals surface area contributed by atoms with Gasteiger partial charge in [0.2, 0.25) is 0 Å². The minimum atomic E-state index is -0.485. The lowest BCUT2D eigenvalue weighted by atomic mass is 10.1. The van der Waals surface area contributed by atoms with Crippen LogP contribution in [-0.2, 0) is 4.74 Å². The Morgan fingerprint density at radius 2 is 1.23 bits per heavy atom. The summed E-state index contributed by atoms with van der Waals surface area (Å²) < 4.78 is 32.4. The molecule has 0 saturated carbocycles. The largest absolute Gasteiger partial charge is 0.444 e. The zero-order valence-corrected chi connectivity index (χ0v) is 27.6. The Labute approximate surface area is 275 Å². The minimum absolute atomic E-state index is 0.214. The van der Waals surface area contributed by atoms with Gasteiger partial charge in [-0.15, -0.1) is 0 Å². The van der Waals surface area contributed by atoms with Crippen LogP contribution in [0.4, 0.5) is 25.2 Å². The van der Waals surface area contributed by atoms with Crippen LogP contribution in [0, 0.1) is 11.6 Å². The number of carbonyl (C=O) groups is 1. The van der Waals surface area contributed by atoms with E-state index in [4.69, 9.17) is 10.5 Å². The Bertz CT molecular complexity index is 1630. The molecule has 1 amide bonds. The Hall–Kier alpha value is -4.13. The number of nitrogens with two attached hydrogens (primary N) is 1. The molecule has 0 spiro atoms.